The molecule has 1 saturated heterocycles. The fourth-order valence-electron chi connectivity index (χ4n) is 1.79. The van der Waals surface area contributed by atoms with E-state index in [-0.39, 0.29) is 5.57 Å². The molecular formula is C12H14N4O3. The maximum Gasteiger partial charge on any atom is 0.333 e. The number of aryl methyl sites for hydroxylation is 1. The lowest BCUT2D eigenvalue weighted by Gasteiger charge is -2.28. The first-order valence-electron chi connectivity index (χ1n) is 5.65. The van der Waals surface area contributed by atoms with Crippen molar-refractivity contribution in [1.29, 1.82) is 0 Å². The summed E-state index contributed by atoms with van der Waals surface area (Å²) in [5, 5.41) is 4.04. The molecule has 7 heteroatoms. The monoisotopic (exact) mass is 262 g/mol. The molecule has 2 rings (SSSR count). The summed E-state index contributed by atoms with van der Waals surface area (Å²) in [6, 6.07) is -0.630. The Balaban J connectivity index is 2.48. The molecule has 1 aromatic rings. The highest BCUT2D eigenvalue weighted by molar-refractivity contribution is 6.30. The SMILES string of the molecule is Cc1c(C=C2C(=O)N(C)C(=O)N(C)C2=O)cnn1C. The minimum Gasteiger partial charge on any atom is -0.272 e. The van der Waals surface area contributed by atoms with Gasteiger partial charge < -0.3 is 0 Å². The predicted molar refractivity (Wildman–Crippen MR) is 66.9 cm³/mol. The van der Waals surface area contributed by atoms with Crippen molar-refractivity contribution in [2.75, 3.05) is 14.1 Å². The van der Waals surface area contributed by atoms with Gasteiger partial charge >= 0.3 is 6.03 Å². The van der Waals surface area contributed by atoms with Crippen molar-refractivity contribution < 1.29 is 14.4 Å². The fraction of sp³-hybridized carbons (Fsp3) is 0.333. The average molecular weight is 262 g/mol. The quantitative estimate of drug-likeness (QED) is 0.534. The van der Waals surface area contributed by atoms with Crippen molar-refractivity contribution in [2.45, 2.75) is 6.92 Å². The van der Waals surface area contributed by atoms with Crippen LogP contribution in [0.25, 0.3) is 6.08 Å². The molecule has 1 aliphatic rings. The lowest BCUT2D eigenvalue weighted by atomic mass is 10.1. The molecule has 100 valence electrons. The molecule has 1 fully saturated rings. The smallest absolute Gasteiger partial charge is 0.272 e. The van der Waals surface area contributed by atoms with Crippen LogP contribution in [-0.2, 0) is 16.6 Å². The number of amides is 4. The number of likely N-dealkylation sites (N-methyl/N-ethyl adjacent to an activating group) is 2. The fourth-order valence-corrected chi connectivity index (χ4v) is 1.79. The standard InChI is InChI=1S/C12H14N4O3/c1-7-8(6-13-16(7)4)5-9-10(17)14(2)12(19)15(3)11(9)18/h5-6H,1-4H3. The van der Waals surface area contributed by atoms with Gasteiger partial charge in [0.15, 0.2) is 0 Å². The lowest BCUT2D eigenvalue weighted by Crippen LogP contribution is -2.52. The molecule has 1 aromatic heterocycles. The van der Waals surface area contributed by atoms with Gasteiger partial charge in [-0.05, 0) is 13.0 Å². The summed E-state index contributed by atoms with van der Waals surface area (Å²) in [4.78, 5) is 37.4. The van der Waals surface area contributed by atoms with E-state index in [1.54, 1.807) is 17.9 Å². The molecule has 7 nitrogen and oxygen atoms in total. The highest BCUT2D eigenvalue weighted by Gasteiger charge is 2.37. The van der Waals surface area contributed by atoms with Gasteiger partial charge in [0, 0.05) is 32.4 Å². The molecule has 19 heavy (non-hydrogen) atoms. The van der Waals surface area contributed by atoms with Gasteiger partial charge in [0.1, 0.15) is 5.57 Å². The van der Waals surface area contributed by atoms with E-state index in [4.69, 9.17) is 0 Å². The average Bonchev–Trinajstić information content (AvgIpc) is 2.71. The van der Waals surface area contributed by atoms with E-state index in [1.807, 2.05) is 6.92 Å². The molecule has 0 N–H and O–H groups in total. The Morgan fingerprint density at radius 3 is 2.00 bits per heavy atom. The van der Waals surface area contributed by atoms with Crippen molar-refractivity contribution in [3.8, 4) is 0 Å². The molecule has 2 heterocycles. The minimum atomic E-state index is -0.630. The van der Waals surface area contributed by atoms with Crippen LogP contribution in [0.15, 0.2) is 11.8 Å². The number of nitrogens with zero attached hydrogens (tertiary/aromatic N) is 4. The molecule has 0 aromatic carbocycles. The number of aromatic nitrogens is 2. The lowest BCUT2D eigenvalue weighted by molar-refractivity contribution is -0.134. The number of rotatable bonds is 1. The Morgan fingerprint density at radius 2 is 1.58 bits per heavy atom. The first-order valence-corrected chi connectivity index (χ1v) is 5.65. The zero-order chi connectivity index (χ0) is 14.3. The van der Waals surface area contributed by atoms with Crippen molar-refractivity contribution in [1.82, 2.24) is 19.6 Å². The zero-order valence-corrected chi connectivity index (χ0v) is 11.2. The van der Waals surface area contributed by atoms with E-state index in [0.717, 1.165) is 15.5 Å². The number of hydrogen-bond donors (Lipinski definition) is 0. The van der Waals surface area contributed by atoms with Crippen LogP contribution in [0.5, 0.6) is 0 Å². The molecule has 0 atom stereocenters. The second-order valence-electron chi connectivity index (χ2n) is 4.38. The van der Waals surface area contributed by atoms with E-state index < -0.39 is 17.8 Å². The van der Waals surface area contributed by atoms with Gasteiger partial charge in [0.25, 0.3) is 11.8 Å². The maximum atomic E-state index is 12.0. The van der Waals surface area contributed by atoms with Crippen LogP contribution in [0.4, 0.5) is 4.79 Å². The van der Waals surface area contributed by atoms with Crippen LogP contribution in [0, 0.1) is 6.92 Å². The van der Waals surface area contributed by atoms with Crippen molar-refractivity contribution in [2.24, 2.45) is 7.05 Å². The third-order valence-corrected chi connectivity index (χ3v) is 3.22. The first kappa shape index (κ1) is 13.0. The molecule has 0 spiro atoms. The molecular weight excluding hydrogens is 248 g/mol. The van der Waals surface area contributed by atoms with Crippen LogP contribution < -0.4 is 0 Å². The van der Waals surface area contributed by atoms with E-state index in [1.165, 1.54) is 20.2 Å². The Bertz CT molecular complexity index is 588. The van der Waals surface area contributed by atoms with Gasteiger partial charge in [-0.25, -0.2) is 4.79 Å². The van der Waals surface area contributed by atoms with Crippen LogP contribution in [0.1, 0.15) is 11.3 Å². The van der Waals surface area contributed by atoms with Crippen LogP contribution in [-0.4, -0.2) is 51.5 Å². The van der Waals surface area contributed by atoms with Crippen molar-refractivity contribution in [3.63, 3.8) is 0 Å². The number of hydrogen-bond acceptors (Lipinski definition) is 4. The van der Waals surface area contributed by atoms with Crippen LogP contribution >= 0.6 is 0 Å². The second-order valence-corrected chi connectivity index (χ2v) is 4.38. The summed E-state index contributed by atoms with van der Waals surface area (Å²) in [7, 11) is 4.46. The number of carbonyl (C=O) groups excluding carboxylic acids is 3. The summed E-state index contributed by atoms with van der Waals surface area (Å²) in [5.41, 5.74) is 1.46. The van der Waals surface area contributed by atoms with Gasteiger partial charge in [-0.1, -0.05) is 0 Å². The van der Waals surface area contributed by atoms with E-state index >= 15 is 0 Å². The summed E-state index contributed by atoms with van der Waals surface area (Å²) in [6.45, 7) is 1.83. The zero-order valence-electron chi connectivity index (χ0n) is 11.2. The Hall–Kier alpha value is -2.44. The summed E-state index contributed by atoms with van der Waals surface area (Å²) >= 11 is 0. The molecule has 0 unspecified atom stereocenters. The van der Waals surface area contributed by atoms with E-state index in [2.05, 4.69) is 5.10 Å². The first-order chi connectivity index (χ1) is 8.84. The number of urea groups is 1. The highest BCUT2D eigenvalue weighted by atomic mass is 16.2. The van der Waals surface area contributed by atoms with E-state index in [0.29, 0.717) is 5.56 Å². The predicted octanol–water partition coefficient (Wildman–Crippen LogP) is 0.162. The van der Waals surface area contributed by atoms with Gasteiger partial charge in [0.05, 0.1) is 6.20 Å². The minimum absolute atomic E-state index is 0.0410. The molecule has 4 amide bonds. The Kier molecular flexibility index (Phi) is 2.97. The topological polar surface area (TPSA) is 75.5 Å². The molecule has 0 radical (unpaired) electrons. The van der Waals surface area contributed by atoms with Crippen LogP contribution in [0.2, 0.25) is 0 Å². The molecule has 0 saturated carbocycles. The second kappa shape index (κ2) is 4.34. The normalized spacial score (nSPS) is 16.4. The van der Waals surface area contributed by atoms with Gasteiger partial charge in [-0.15, -0.1) is 0 Å². The summed E-state index contributed by atoms with van der Waals surface area (Å²) < 4.78 is 1.64. The third-order valence-electron chi connectivity index (χ3n) is 3.22. The van der Waals surface area contributed by atoms with Crippen LogP contribution in [0.3, 0.4) is 0 Å². The van der Waals surface area contributed by atoms with Crippen molar-refractivity contribution >= 4 is 23.9 Å². The molecule has 0 bridgehead atoms. The maximum absolute atomic E-state index is 12.0. The number of carbonyl (C=O) groups is 3. The van der Waals surface area contributed by atoms with Crippen molar-refractivity contribution in [3.05, 3.63) is 23.0 Å². The summed E-state index contributed by atoms with van der Waals surface area (Å²) in [6.07, 6.45) is 3.03. The molecule has 1 aliphatic heterocycles. The van der Waals surface area contributed by atoms with Gasteiger partial charge in [-0.2, -0.15) is 5.10 Å². The number of barbiturate groups is 1. The third kappa shape index (κ3) is 1.92. The number of imide groups is 2. The van der Waals surface area contributed by atoms with Gasteiger partial charge in [-0.3, -0.25) is 24.1 Å². The Morgan fingerprint density at radius 1 is 1.05 bits per heavy atom. The highest BCUT2D eigenvalue weighted by Crippen LogP contribution is 2.19. The van der Waals surface area contributed by atoms with Gasteiger partial charge in [0.2, 0.25) is 0 Å². The summed E-state index contributed by atoms with van der Waals surface area (Å²) in [5.74, 6) is -1.20. The molecule has 0 aliphatic carbocycles. The Labute approximate surface area is 110 Å². The van der Waals surface area contributed by atoms with E-state index in [9.17, 15) is 14.4 Å². The largest absolute Gasteiger partial charge is 0.333 e.